The summed E-state index contributed by atoms with van der Waals surface area (Å²) in [5.41, 5.74) is -2.80. The van der Waals surface area contributed by atoms with E-state index in [2.05, 4.69) is 34.6 Å². The number of fused-ring (bicyclic) bond motifs is 2. The number of cyclic esters (lactones) is 1. The van der Waals surface area contributed by atoms with Crippen LogP contribution >= 0.6 is 0 Å². The van der Waals surface area contributed by atoms with Crippen LogP contribution in [0.15, 0.2) is 24.3 Å². The molecule has 4 heterocycles. The molecular formula is C32H50N2O6. The number of nitrogens with zero attached hydrogens (tertiary/aromatic N) is 2. The summed E-state index contributed by atoms with van der Waals surface area (Å²) in [4.78, 5) is 46.3. The lowest BCUT2D eigenvalue weighted by Gasteiger charge is -2.45. The van der Waals surface area contributed by atoms with Crippen molar-refractivity contribution in [1.82, 2.24) is 9.80 Å². The number of allylic oxidation sites excluding steroid dienone is 1. The van der Waals surface area contributed by atoms with Gasteiger partial charge in [0.15, 0.2) is 0 Å². The number of rotatable bonds is 8. The third kappa shape index (κ3) is 5.76. The second kappa shape index (κ2) is 11.6. The Morgan fingerprint density at radius 1 is 0.950 bits per heavy atom. The summed E-state index contributed by atoms with van der Waals surface area (Å²) in [6.07, 6.45) is 14.2. The zero-order chi connectivity index (χ0) is 29.3. The van der Waals surface area contributed by atoms with Crippen LogP contribution < -0.4 is 0 Å². The summed E-state index contributed by atoms with van der Waals surface area (Å²) in [5.74, 6) is -2.46. The van der Waals surface area contributed by atoms with Gasteiger partial charge in [0.1, 0.15) is 17.6 Å². The number of hydrogen-bond acceptors (Lipinski definition) is 6. The van der Waals surface area contributed by atoms with Gasteiger partial charge >= 0.3 is 5.97 Å². The van der Waals surface area contributed by atoms with E-state index in [9.17, 15) is 19.5 Å². The maximum Gasteiger partial charge on any atom is 0.313 e. The summed E-state index contributed by atoms with van der Waals surface area (Å²) in [6, 6.07) is -0.864. The molecule has 0 aromatic rings. The number of aliphatic hydroxyl groups is 1. The zero-order valence-corrected chi connectivity index (χ0v) is 25.4. The zero-order valence-electron chi connectivity index (χ0n) is 25.4. The van der Waals surface area contributed by atoms with E-state index >= 15 is 0 Å². The van der Waals surface area contributed by atoms with Crippen LogP contribution in [0.2, 0.25) is 0 Å². The lowest BCUT2D eigenvalue weighted by molar-refractivity contribution is -0.161. The number of likely N-dealkylation sites (tertiary alicyclic amines) is 1. The van der Waals surface area contributed by atoms with Crippen molar-refractivity contribution in [3.63, 3.8) is 0 Å². The Morgan fingerprint density at radius 3 is 2.38 bits per heavy atom. The van der Waals surface area contributed by atoms with Crippen molar-refractivity contribution in [2.75, 3.05) is 26.3 Å². The molecule has 0 saturated carbocycles. The predicted octanol–water partition coefficient (Wildman–Crippen LogP) is 4.41. The molecular weight excluding hydrogens is 508 g/mol. The molecule has 0 radical (unpaired) electrons. The van der Waals surface area contributed by atoms with E-state index in [-0.39, 0.29) is 23.8 Å². The highest BCUT2D eigenvalue weighted by Gasteiger charge is 2.74. The van der Waals surface area contributed by atoms with Gasteiger partial charge < -0.3 is 24.4 Å². The first-order valence-corrected chi connectivity index (χ1v) is 15.2. The molecule has 4 rings (SSSR count). The van der Waals surface area contributed by atoms with E-state index < -0.39 is 40.6 Å². The first kappa shape index (κ1) is 30.8. The van der Waals surface area contributed by atoms with E-state index in [4.69, 9.17) is 9.47 Å². The van der Waals surface area contributed by atoms with Gasteiger partial charge in [-0.05, 0) is 64.7 Å². The fourth-order valence-corrected chi connectivity index (χ4v) is 7.72. The molecule has 0 bridgehead atoms. The van der Waals surface area contributed by atoms with Crippen LogP contribution in [0.4, 0.5) is 0 Å². The molecule has 8 heteroatoms. The van der Waals surface area contributed by atoms with E-state index in [1.54, 1.807) is 4.90 Å². The van der Waals surface area contributed by atoms with Crippen LogP contribution in [0.5, 0.6) is 0 Å². The molecule has 0 aliphatic carbocycles. The maximum absolute atomic E-state index is 14.7. The van der Waals surface area contributed by atoms with Crippen molar-refractivity contribution in [2.24, 2.45) is 17.3 Å². The molecule has 0 aromatic heterocycles. The van der Waals surface area contributed by atoms with Crippen LogP contribution in [0, 0.1) is 17.3 Å². The first-order valence-electron chi connectivity index (χ1n) is 15.2. The first-order chi connectivity index (χ1) is 18.8. The lowest BCUT2D eigenvalue weighted by atomic mass is 9.74. The largest absolute Gasteiger partial charge is 0.465 e. The van der Waals surface area contributed by atoms with Gasteiger partial charge in [-0.25, -0.2) is 0 Å². The number of esters is 1. The fourth-order valence-electron chi connectivity index (χ4n) is 7.72. The van der Waals surface area contributed by atoms with Gasteiger partial charge in [-0.15, -0.1) is 0 Å². The number of hydrogen-bond donors (Lipinski definition) is 1. The van der Waals surface area contributed by atoms with E-state index in [0.717, 1.165) is 38.5 Å². The van der Waals surface area contributed by atoms with E-state index in [1.807, 2.05) is 36.1 Å². The average Bonchev–Trinajstić information content (AvgIpc) is 3.16. The SMILES string of the molecule is CC(C)(C)CC(C)(C)N1CC=C[C@]23O[C@@]4(C)/C=C\CCCCOC(=O)[C@H]4[C@H]2C(=O)N(CCCCCCO)C3C1=O. The van der Waals surface area contributed by atoms with E-state index in [1.165, 1.54) is 0 Å². The molecule has 1 unspecified atom stereocenters. The Hall–Kier alpha value is -2.19. The summed E-state index contributed by atoms with van der Waals surface area (Å²) in [5, 5.41) is 9.19. The smallest absolute Gasteiger partial charge is 0.313 e. The molecule has 2 saturated heterocycles. The van der Waals surface area contributed by atoms with Crippen LogP contribution in [-0.4, -0.2) is 81.8 Å². The van der Waals surface area contributed by atoms with Gasteiger partial charge in [-0.2, -0.15) is 0 Å². The van der Waals surface area contributed by atoms with E-state index in [0.29, 0.717) is 32.5 Å². The standard InChI is InChI=1S/C32H50N2O6/c1-29(2,3)22-30(4,5)34-19-15-17-32-23(24-28(38)39-21-14-10-7-11-16-31(24,6)40-32)26(36)33(25(32)27(34)37)18-12-8-9-13-20-35/h11,15-17,23-25,35H,7-10,12-14,18-22H2,1-6H3/b16-11-/t23-,24+,25?,31-,32-/m0/s1. The molecule has 224 valence electrons. The molecule has 40 heavy (non-hydrogen) atoms. The van der Waals surface area contributed by atoms with Gasteiger partial charge in [0, 0.05) is 25.2 Å². The van der Waals surface area contributed by atoms with Crippen molar-refractivity contribution in [2.45, 2.75) is 116 Å². The fraction of sp³-hybridized carbons (Fsp3) is 0.781. The maximum atomic E-state index is 14.7. The molecule has 1 spiro atoms. The van der Waals surface area contributed by atoms with Gasteiger partial charge in [-0.1, -0.05) is 57.9 Å². The lowest BCUT2D eigenvalue weighted by Crippen LogP contribution is -2.60. The van der Waals surface area contributed by atoms with Crippen LogP contribution in [0.3, 0.4) is 0 Å². The van der Waals surface area contributed by atoms with Gasteiger partial charge in [-0.3, -0.25) is 14.4 Å². The van der Waals surface area contributed by atoms with Gasteiger partial charge in [0.25, 0.3) is 0 Å². The topological polar surface area (TPSA) is 96.4 Å². The minimum Gasteiger partial charge on any atom is -0.465 e. The number of unbranched alkanes of at least 4 members (excludes halogenated alkanes) is 3. The monoisotopic (exact) mass is 558 g/mol. The minimum absolute atomic E-state index is 0.00768. The van der Waals surface area contributed by atoms with Crippen LogP contribution in [0.1, 0.15) is 92.9 Å². The Labute approximate surface area is 240 Å². The van der Waals surface area contributed by atoms with Crippen molar-refractivity contribution in [3.8, 4) is 0 Å². The molecule has 2 fully saturated rings. The molecule has 4 aliphatic heterocycles. The van der Waals surface area contributed by atoms with Crippen molar-refractivity contribution < 1.29 is 29.0 Å². The van der Waals surface area contributed by atoms with Gasteiger partial charge in [0.05, 0.1) is 18.1 Å². The molecule has 0 aromatic carbocycles. The van der Waals surface area contributed by atoms with Crippen molar-refractivity contribution >= 4 is 17.8 Å². The predicted molar refractivity (Wildman–Crippen MR) is 153 cm³/mol. The van der Waals surface area contributed by atoms with Crippen LogP contribution in [0.25, 0.3) is 0 Å². The number of carbonyl (C=O) groups excluding carboxylic acids is 3. The Morgan fingerprint density at radius 2 is 1.68 bits per heavy atom. The third-order valence-electron chi connectivity index (χ3n) is 9.00. The molecule has 8 nitrogen and oxygen atoms in total. The quantitative estimate of drug-likeness (QED) is 0.269. The molecule has 1 N–H and O–H groups in total. The Balaban J connectivity index is 1.78. The number of carbonyl (C=O) groups is 3. The summed E-state index contributed by atoms with van der Waals surface area (Å²) >= 11 is 0. The normalized spacial score (nSPS) is 33.8. The van der Waals surface area contributed by atoms with Crippen LogP contribution in [-0.2, 0) is 23.9 Å². The Kier molecular flexibility index (Phi) is 8.92. The average molecular weight is 559 g/mol. The van der Waals surface area contributed by atoms with Crippen molar-refractivity contribution in [1.29, 1.82) is 0 Å². The second-order valence-electron chi connectivity index (χ2n) is 14.1. The highest BCUT2D eigenvalue weighted by atomic mass is 16.6. The minimum atomic E-state index is -1.26. The molecule has 2 amide bonds. The summed E-state index contributed by atoms with van der Waals surface area (Å²) in [7, 11) is 0. The summed E-state index contributed by atoms with van der Waals surface area (Å²) < 4.78 is 12.6. The number of ether oxygens (including phenoxy) is 2. The molecule has 4 aliphatic rings. The third-order valence-corrected chi connectivity index (χ3v) is 9.00. The van der Waals surface area contributed by atoms with Gasteiger partial charge in [0.2, 0.25) is 11.8 Å². The number of aliphatic hydroxyl groups excluding tert-OH is 1. The molecule has 5 atom stereocenters. The highest BCUT2D eigenvalue weighted by molar-refractivity contribution is 5.99. The second-order valence-corrected chi connectivity index (χ2v) is 14.1. The number of amides is 2. The Bertz CT molecular complexity index is 1030. The summed E-state index contributed by atoms with van der Waals surface area (Å²) in [6.45, 7) is 13.8. The van der Waals surface area contributed by atoms with Crippen molar-refractivity contribution in [3.05, 3.63) is 24.3 Å². The highest BCUT2D eigenvalue weighted by Crippen LogP contribution is 2.57.